The first-order valence-electron chi connectivity index (χ1n) is 3.56. The summed E-state index contributed by atoms with van der Waals surface area (Å²) in [7, 11) is 3.91. The van der Waals surface area contributed by atoms with Gasteiger partial charge in [-0.1, -0.05) is 0 Å². The van der Waals surface area contributed by atoms with Crippen molar-refractivity contribution in [1.82, 2.24) is 10.5 Å². The molecule has 2 atom stereocenters. The number of hydrogen-bond acceptors (Lipinski definition) is 3. The molecule has 0 heterocycles. The number of rotatable bonds is 5. The van der Waals surface area contributed by atoms with Gasteiger partial charge in [0.05, 0.1) is 12.5 Å². The molecule has 0 fully saturated rings. The summed E-state index contributed by atoms with van der Waals surface area (Å²) in [5, 5.41) is 13.7. The van der Waals surface area contributed by atoms with Crippen LogP contribution in [0.3, 0.4) is 0 Å². The summed E-state index contributed by atoms with van der Waals surface area (Å²) in [5.41, 5.74) is 0. The summed E-state index contributed by atoms with van der Waals surface area (Å²) in [6.45, 7) is 0. The largest absolute Gasteiger partial charge is 0.481 e. The predicted molar refractivity (Wildman–Crippen MR) is 62.7 cm³/mol. The van der Waals surface area contributed by atoms with Crippen LogP contribution in [-0.2, 0) is 9.59 Å². The van der Waals surface area contributed by atoms with E-state index in [9.17, 15) is 9.59 Å². The summed E-state index contributed by atoms with van der Waals surface area (Å²) < 4.78 is -0.0285. The molecule has 0 radical (unpaired) electrons. The van der Waals surface area contributed by atoms with Crippen molar-refractivity contribution in [2.24, 2.45) is 0 Å². The molecule has 8 heteroatoms. The Hall–Kier alpha value is 0.125. The van der Waals surface area contributed by atoms with Gasteiger partial charge in [0, 0.05) is 7.05 Å². The van der Waals surface area contributed by atoms with Crippen LogP contribution in [0.4, 0.5) is 0 Å². The Kier molecular flexibility index (Phi) is 6.62. The van der Waals surface area contributed by atoms with E-state index in [0.29, 0.717) is 0 Å². The number of aliphatic carboxylic acids is 1. The second-order valence-corrected chi connectivity index (χ2v) is 5.70. The zero-order chi connectivity index (χ0) is 10.4. The molecule has 0 aliphatic carbocycles. The number of amides is 1. The van der Waals surface area contributed by atoms with Gasteiger partial charge in [-0.3, -0.25) is 9.59 Å². The summed E-state index contributed by atoms with van der Waals surface area (Å²) in [4.78, 5) is 21.5. The highest BCUT2D eigenvalue weighted by molar-refractivity contribution is 14.1. The summed E-state index contributed by atoms with van der Waals surface area (Å²) in [6, 6.07) is -0.679. The zero-order valence-corrected chi connectivity index (χ0v) is 10.4. The van der Waals surface area contributed by atoms with E-state index >= 15 is 0 Å². The highest BCUT2D eigenvalue weighted by atomic mass is 127. The van der Waals surface area contributed by atoms with Crippen molar-refractivity contribution in [2.45, 2.75) is 12.5 Å². The normalized spacial score (nSPS) is 11.9. The molecule has 74 valence electrons. The van der Waals surface area contributed by atoms with Crippen molar-refractivity contribution < 1.29 is 14.7 Å². The fourth-order valence-electron chi connectivity index (χ4n) is 0.768. The van der Waals surface area contributed by atoms with E-state index in [-0.39, 0.29) is 16.8 Å². The van der Waals surface area contributed by atoms with E-state index < -0.39 is 12.0 Å². The smallest absolute Gasteiger partial charge is 0.317 e. The molecule has 0 aromatic heterocycles. The van der Waals surface area contributed by atoms with Crippen LogP contribution in [0.25, 0.3) is 0 Å². The van der Waals surface area contributed by atoms with Crippen molar-refractivity contribution in [3.63, 3.8) is 0 Å². The van der Waals surface area contributed by atoms with E-state index in [0.717, 1.165) is 0 Å². The first-order valence-corrected chi connectivity index (χ1v) is 5.47. The Morgan fingerprint density at radius 3 is 2.54 bits per heavy atom. The molecule has 3 N–H and O–H groups in total. The lowest BCUT2D eigenvalue weighted by Crippen LogP contribution is -2.47. The maximum absolute atomic E-state index is 11.1. The third kappa shape index (κ3) is 6.23. The number of carboxylic acids is 1. The fraction of sp³-hybridized carbons (Fsp3) is 0.600. The van der Waals surface area contributed by atoms with Gasteiger partial charge >= 0.3 is 10.4 Å². The summed E-state index contributed by atoms with van der Waals surface area (Å²) in [5.74, 6) is -1.31. The minimum absolute atomic E-state index is 0.0285. The van der Waals surface area contributed by atoms with Crippen LogP contribution in [0.1, 0.15) is 6.42 Å². The Labute approximate surface area is 92.5 Å². The molecule has 0 aliphatic heterocycles. The van der Waals surface area contributed by atoms with Crippen molar-refractivity contribution >= 4 is 47.8 Å². The van der Waals surface area contributed by atoms with Gasteiger partial charge in [0.15, 0.2) is 0 Å². The van der Waals surface area contributed by atoms with Crippen LogP contribution >= 0.6 is 31.5 Å². The maximum atomic E-state index is 11.1. The molecule has 0 aromatic carbocycles. The van der Waals surface area contributed by atoms with Crippen molar-refractivity contribution in [3.05, 3.63) is 0 Å². The second kappa shape index (κ2) is 6.56. The number of halogens is 1. The fourth-order valence-corrected chi connectivity index (χ4v) is 1.43. The topological polar surface area (TPSA) is 78.4 Å². The van der Waals surface area contributed by atoms with Gasteiger partial charge in [0.1, 0.15) is 0 Å². The number of carbonyl (C=O) groups is 2. The molecular formula is C5H11BIN2O3P. The number of hydrogen-bond donors (Lipinski definition) is 3. The minimum atomic E-state index is -0.997. The van der Waals surface area contributed by atoms with Gasteiger partial charge in [-0.2, -0.15) is 0 Å². The Morgan fingerprint density at radius 2 is 2.23 bits per heavy atom. The Balaban J connectivity index is 4.18. The third-order valence-corrected chi connectivity index (χ3v) is 1.85. The summed E-state index contributed by atoms with van der Waals surface area (Å²) in [6.07, 6.45) is -0.215. The lowest BCUT2D eigenvalue weighted by molar-refractivity contribution is -0.139. The van der Waals surface area contributed by atoms with Gasteiger partial charge in [-0.15, -0.1) is 31.5 Å². The molecule has 1 amide bonds. The van der Waals surface area contributed by atoms with Crippen LogP contribution < -0.4 is 10.5 Å². The highest BCUT2D eigenvalue weighted by Gasteiger charge is 2.22. The van der Waals surface area contributed by atoms with E-state index in [4.69, 9.17) is 5.11 Å². The highest BCUT2D eigenvalue weighted by Crippen LogP contribution is 2.03. The number of likely N-dealkylation sites (N-methyl/N-ethyl adjacent to an activating group) is 1. The van der Waals surface area contributed by atoms with Crippen molar-refractivity contribution in [3.8, 4) is 0 Å². The van der Waals surface area contributed by atoms with Crippen molar-refractivity contribution in [1.29, 1.82) is 0 Å². The second-order valence-electron chi connectivity index (χ2n) is 2.33. The first-order chi connectivity index (χ1) is 5.97. The molecule has 0 saturated heterocycles. The molecular weight excluding hydrogens is 305 g/mol. The third-order valence-electron chi connectivity index (χ3n) is 1.30. The van der Waals surface area contributed by atoms with E-state index in [2.05, 4.69) is 19.7 Å². The van der Waals surface area contributed by atoms with Crippen LogP contribution in [0.15, 0.2) is 0 Å². The monoisotopic (exact) mass is 316 g/mol. The number of carbonyl (C=O) groups excluding carboxylic acids is 1. The number of carboxylic acid groups (broad SMARTS) is 1. The van der Waals surface area contributed by atoms with Crippen LogP contribution in [0.2, 0.25) is 0 Å². The van der Waals surface area contributed by atoms with Crippen LogP contribution in [0.5, 0.6) is 0 Å². The average Bonchev–Trinajstić information content (AvgIpc) is 2.00. The molecule has 0 aliphatic rings. The molecule has 2 unspecified atom stereocenters. The van der Waals surface area contributed by atoms with E-state index in [1.54, 1.807) is 0 Å². The lowest BCUT2D eigenvalue weighted by atomic mass is 10.1. The van der Waals surface area contributed by atoms with Gasteiger partial charge < -0.3 is 15.7 Å². The molecule has 5 nitrogen and oxygen atoms in total. The van der Waals surface area contributed by atoms with Gasteiger partial charge in [0.2, 0.25) is 5.91 Å². The summed E-state index contributed by atoms with van der Waals surface area (Å²) >= 11 is 2.03. The minimum Gasteiger partial charge on any atom is -0.481 e. The van der Waals surface area contributed by atoms with Crippen LogP contribution in [0, 0.1) is 0 Å². The molecule has 0 spiro atoms. The lowest BCUT2D eigenvalue weighted by Gasteiger charge is -2.15. The van der Waals surface area contributed by atoms with E-state index in [1.165, 1.54) is 7.05 Å². The molecule has 0 bridgehead atoms. The SMILES string of the molecule is CNC(=O)C(CC(=O)O)NB(P)I. The first kappa shape index (κ1) is 13.1. The van der Waals surface area contributed by atoms with Crippen LogP contribution in [-0.4, -0.2) is 34.5 Å². The molecule has 0 aromatic rings. The van der Waals surface area contributed by atoms with Gasteiger partial charge in [-0.25, -0.2) is 0 Å². The standard InChI is InChI=1S/C5H11BIN2O3P/c1-8-5(12)3(2-4(10)11)9-6(7)13/h3,9H,2,13H2,1H3,(H,8,12)(H,10,11). The Bertz CT molecular complexity index is 204. The van der Waals surface area contributed by atoms with E-state index in [1.807, 2.05) is 22.4 Å². The number of nitrogens with one attached hydrogen (secondary N) is 2. The Morgan fingerprint density at radius 1 is 1.69 bits per heavy atom. The zero-order valence-electron chi connectivity index (χ0n) is 7.08. The van der Waals surface area contributed by atoms with Crippen molar-refractivity contribution in [2.75, 3.05) is 7.05 Å². The molecule has 0 rings (SSSR count). The predicted octanol–water partition coefficient (Wildman–Crippen LogP) is -0.540. The molecule has 13 heavy (non-hydrogen) atoms. The average molecular weight is 316 g/mol. The quantitative estimate of drug-likeness (QED) is 0.362. The van der Waals surface area contributed by atoms with Gasteiger partial charge in [0.25, 0.3) is 0 Å². The maximum Gasteiger partial charge on any atom is 0.317 e. The molecule has 0 saturated carbocycles. The van der Waals surface area contributed by atoms with Gasteiger partial charge in [-0.05, 0) is 0 Å².